The minimum atomic E-state index is -1.22. The highest BCUT2D eigenvalue weighted by Crippen LogP contribution is 2.07. The van der Waals surface area contributed by atoms with Gasteiger partial charge in [-0.3, -0.25) is 19.2 Å². The third-order valence-corrected chi connectivity index (χ3v) is 6.09. The number of rotatable bonds is 19. The molecule has 0 radical (unpaired) electrons. The van der Waals surface area contributed by atoms with Gasteiger partial charge in [0.15, 0.2) is 0 Å². The van der Waals surface area contributed by atoms with Gasteiger partial charge in [-0.2, -0.15) is 23.5 Å². The first-order chi connectivity index (χ1) is 16.1. The van der Waals surface area contributed by atoms with E-state index in [1.54, 1.807) is 0 Å². The predicted octanol–water partition coefficient (Wildman–Crippen LogP) is -1.64. The monoisotopic (exact) mass is 522 g/mol. The number of carboxylic acids is 1. The van der Waals surface area contributed by atoms with Crippen LogP contribution in [0.15, 0.2) is 0 Å². The summed E-state index contributed by atoms with van der Waals surface area (Å²) in [5, 5.41) is 17.0. The minimum absolute atomic E-state index is 0.237. The largest absolute Gasteiger partial charge is 0.480 e. The normalized spacial score (nSPS) is 14.4. The molecule has 0 spiro atoms. The van der Waals surface area contributed by atoms with Gasteiger partial charge in [0.05, 0.1) is 12.5 Å². The highest BCUT2D eigenvalue weighted by molar-refractivity contribution is 7.98. The van der Waals surface area contributed by atoms with E-state index in [1.165, 1.54) is 23.5 Å². The van der Waals surface area contributed by atoms with Crippen LogP contribution >= 0.6 is 23.5 Å². The van der Waals surface area contributed by atoms with Crippen molar-refractivity contribution in [2.45, 2.75) is 62.7 Å². The molecule has 0 fully saturated rings. The van der Waals surface area contributed by atoms with Crippen molar-refractivity contribution < 1.29 is 29.1 Å². The van der Waals surface area contributed by atoms with Crippen molar-refractivity contribution in [3.8, 4) is 0 Å². The van der Waals surface area contributed by atoms with Gasteiger partial charge >= 0.3 is 5.97 Å². The Balaban J connectivity index is 5.43. The Morgan fingerprint density at radius 3 is 1.74 bits per heavy atom. The number of primary amides is 1. The average molecular weight is 523 g/mol. The Morgan fingerprint density at radius 2 is 1.26 bits per heavy atom. The number of thioether (sulfide) groups is 2. The van der Waals surface area contributed by atoms with Crippen LogP contribution in [-0.4, -0.2) is 89.4 Å². The summed E-state index contributed by atoms with van der Waals surface area (Å²) in [6.45, 7) is 0.398. The molecule has 10 N–H and O–H groups in total. The predicted molar refractivity (Wildman–Crippen MR) is 134 cm³/mol. The van der Waals surface area contributed by atoms with Gasteiger partial charge in [0.1, 0.15) is 18.1 Å². The van der Waals surface area contributed by atoms with Crippen LogP contribution in [0.25, 0.3) is 0 Å². The molecule has 0 aromatic rings. The maximum Gasteiger partial charge on any atom is 0.326 e. The summed E-state index contributed by atoms with van der Waals surface area (Å²) in [7, 11) is 0. The summed E-state index contributed by atoms with van der Waals surface area (Å²) in [6, 6.07) is -4.32. The van der Waals surface area contributed by atoms with Gasteiger partial charge in [-0.15, -0.1) is 0 Å². The van der Waals surface area contributed by atoms with Crippen LogP contribution in [0.2, 0.25) is 0 Å². The van der Waals surface area contributed by atoms with Crippen molar-refractivity contribution >= 4 is 53.1 Å². The molecule has 0 saturated carbocycles. The quantitative estimate of drug-likeness (QED) is 0.0959. The van der Waals surface area contributed by atoms with Crippen molar-refractivity contribution in [1.29, 1.82) is 0 Å². The highest BCUT2D eigenvalue weighted by Gasteiger charge is 2.30. The molecule has 14 heteroatoms. The fourth-order valence-corrected chi connectivity index (χ4v) is 3.83. The molecule has 4 unspecified atom stereocenters. The third-order valence-electron chi connectivity index (χ3n) is 4.81. The van der Waals surface area contributed by atoms with Crippen molar-refractivity contribution in [1.82, 2.24) is 16.0 Å². The van der Waals surface area contributed by atoms with Crippen molar-refractivity contribution in [2.75, 3.05) is 30.6 Å². The van der Waals surface area contributed by atoms with Crippen LogP contribution < -0.4 is 33.2 Å². The number of carbonyl (C=O) groups excluding carboxylic acids is 4. The first kappa shape index (κ1) is 32.0. The number of carboxylic acid groups (broad SMARTS) is 1. The molecule has 0 aliphatic rings. The Hall–Kier alpha value is -2.03. The van der Waals surface area contributed by atoms with E-state index in [1.807, 2.05) is 12.5 Å². The van der Waals surface area contributed by atoms with Crippen molar-refractivity contribution in [3.63, 3.8) is 0 Å². The summed E-state index contributed by atoms with van der Waals surface area (Å²) in [4.78, 5) is 60.7. The molecular formula is C20H38N6O6S2. The van der Waals surface area contributed by atoms with Crippen molar-refractivity contribution in [3.05, 3.63) is 0 Å². The first-order valence-electron chi connectivity index (χ1n) is 10.9. The molecule has 196 valence electrons. The Morgan fingerprint density at radius 1 is 0.794 bits per heavy atom. The van der Waals surface area contributed by atoms with Crippen molar-refractivity contribution in [2.24, 2.45) is 17.2 Å². The summed E-state index contributed by atoms with van der Waals surface area (Å²) in [5.74, 6) is -2.79. The Labute approximate surface area is 208 Å². The SMILES string of the molecule is CSCCC(NC(=O)C(CCSC)NC(=O)C(CCCCN)NC(=O)C(N)CC(N)=O)C(=O)O. The zero-order valence-electron chi connectivity index (χ0n) is 19.7. The molecule has 0 rings (SSSR count). The van der Waals surface area contributed by atoms with E-state index in [0.29, 0.717) is 30.9 Å². The van der Waals surface area contributed by atoms with Gasteiger partial charge in [0.2, 0.25) is 23.6 Å². The number of nitrogens with two attached hydrogens (primary N) is 3. The number of carbonyl (C=O) groups is 5. The zero-order chi connectivity index (χ0) is 26.1. The molecule has 34 heavy (non-hydrogen) atoms. The van der Waals surface area contributed by atoms with Crippen LogP contribution in [0.4, 0.5) is 0 Å². The van der Waals surface area contributed by atoms with Gasteiger partial charge in [-0.25, -0.2) is 4.79 Å². The number of nitrogens with one attached hydrogen (secondary N) is 3. The van der Waals surface area contributed by atoms with E-state index in [0.717, 1.165) is 0 Å². The maximum absolute atomic E-state index is 13.0. The van der Waals surface area contributed by atoms with Crippen LogP contribution in [0.3, 0.4) is 0 Å². The fraction of sp³-hybridized carbons (Fsp3) is 0.750. The molecular weight excluding hydrogens is 484 g/mol. The lowest BCUT2D eigenvalue weighted by Crippen LogP contribution is -2.57. The summed E-state index contributed by atoms with van der Waals surface area (Å²) in [5.41, 5.74) is 16.3. The maximum atomic E-state index is 13.0. The fourth-order valence-electron chi connectivity index (χ4n) is 2.89. The van der Waals surface area contributed by atoms with Gasteiger partial charge in [-0.1, -0.05) is 0 Å². The second-order valence-corrected chi connectivity index (χ2v) is 9.62. The Kier molecular flexibility index (Phi) is 17.2. The zero-order valence-corrected chi connectivity index (χ0v) is 21.3. The molecule has 4 atom stereocenters. The molecule has 0 heterocycles. The molecule has 0 aromatic carbocycles. The lowest BCUT2D eigenvalue weighted by molar-refractivity contribution is -0.142. The summed E-state index contributed by atoms with van der Waals surface area (Å²) in [6.07, 6.45) is 5.16. The third kappa shape index (κ3) is 13.6. The molecule has 0 aliphatic heterocycles. The number of aliphatic carboxylic acids is 1. The first-order valence-corrected chi connectivity index (χ1v) is 13.7. The van der Waals surface area contributed by atoms with Gasteiger partial charge < -0.3 is 38.3 Å². The van der Waals surface area contributed by atoms with Crippen LogP contribution in [0.5, 0.6) is 0 Å². The van der Waals surface area contributed by atoms with E-state index >= 15 is 0 Å². The van der Waals surface area contributed by atoms with E-state index in [-0.39, 0.29) is 25.7 Å². The molecule has 0 saturated heterocycles. The lowest BCUT2D eigenvalue weighted by atomic mass is 10.1. The van der Waals surface area contributed by atoms with Gasteiger partial charge in [0, 0.05) is 0 Å². The van der Waals surface area contributed by atoms with E-state index < -0.39 is 53.8 Å². The number of amides is 4. The molecule has 12 nitrogen and oxygen atoms in total. The highest BCUT2D eigenvalue weighted by atomic mass is 32.2. The average Bonchev–Trinajstić information content (AvgIpc) is 2.77. The number of hydrogen-bond acceptors (Lipinski definition) is 9. The van der Waals surface area contributed by atoms with Crippen LogP contribution in [-0.2, 0) is 24.0 Å². The van der Waals surface area contributed by atoms with Crippen LogP contribution in [0, 0.1) is 0 Å². The summed E-state index contributed by atoms with van der Waals surface area (Å²) >= 11 is 2.92. The molecule has 0 bridgehead atoms. The molecule has 0 aliphatic carbocycles. The smallest absolute Gasteiger partial charge is 0.326 e. The Bertz CT molecular complexity index is 684. The standard InChI is InChI=1S/C20H38N6O6S2/c1-33-9-6-14(19(30)26-15(20(31)32)7-10-34-2)25-18(29)13(5-3-4-8-21)24-17(28)12(22)11-16(23)27/h12-15H,3-11,21-22H2,1-2H3,(H2,23,27)(H,24,28)(H,25,29)(H,26,30)(H,31,32). The van der Waals surface area contributed by atoms with Gasteiger partial charge in [-0.05, 0) is 62.7 Å². The second kappa shape index (κ2) is 18.3. The lowest BCUT2D eigenvalue weighted by Gasteiger charge is -2.25. The van der Waals surface area contributed by atoms with E-state index in [2.05, 4.69) is 16.0 Å². The van der Waals surface area contributed by atoms with E-state index in [9.17, 15) is 29.1 Å². The van der Waals surface area contributed by atoms with Gasteiger partial charge in [0.25, 0.3) is 0 Å². The van der Waals surface area contributed by atoms with E-state index in [4.69, 9.17) is 17.2 Å². The molecule has 0 aromatic heterocycles. The number of hydrogen-bond donors (Lipinski definition) is 7. The second-order valence-electron chi connectivity index (χ2n) is 7.65. The molecule has 4 amide bonds. The topological polar surface area (TPSA) is 220 Å². The van der Waals surface area contributed by atoms with Crippen LogP contribution in [0.1, 0.15) is 38.5 Å². The minimum Gasteiger partial charge on any atom is -0.480 e. The number of unbranched alkanes of at least 4 members (excludes halogenated alkanes) is 1. The summed E-state index contributed by atoms with van der Waals surface area (Å²) < 4.78 is 0.